The fourth-order valence-electron chi connectivity index (χ4n) is 1.90. The van der Waals surface area contributed by atoms with Crippen molar-refractivity contribution in [2.45, 2.75) is 37.6 Å². The quantitative estimate of drug-likeness (QED) is 0.825. The van der Waals surface area contributed by atoms with Gasteiger partial charge in [-0.25, -0.2) is 0 Å². The molecule has 0 amide bonds. The minimum Gasteiger partial charge on any atom is -0.469 e. The van der Waals surface area contributed by atoms with Crippen molar-refractivity contribution in [3.8, 4) is 0 Å². The Bertz CT molecular complexity index is 307. The first-order valence-electron chi connectivity index (χ1n) is 5.43. The van der Waals surface area contributed by atoms with Crippen molar-refractivity contribution >= 4 is 0 Å². The molecular formula is C12H19NO2. The van der Waals surface area contributed by atoms with Gasteiger partial charge in [-0.1, -0.05) is 0 Å². The van der Waals surface area contributed by atoms with Crippen LogP contribution in [0, 0.1) is 0 Å². The van der Waals surface area contributed by atoms with Crippen LogP contribution in [0.25, 0.3) is 0 Å². The molecule has 15 heavy (non-hydrogen) atoms. The Hall–Kier alpha value is -0.800. The van der Waals surface area contributed by atoms with Gasteiger partial charge in [-0.05, 0) is 38.8 Å². The molecule has 1 saturated heterocycles. The smallest absolute Gasteiger partial charge is 0.114 e. The molecular weight excluding hydrogens is 190 g/mol. The SMILES string of the molecule is CC(C)(N)CCC1(c2ccco2)COC1. The zero-order valence-corrected chi connectivity index (χ0v) is 9.45. The van der Waals surface area contributed by atoms with E-state index in [0.29, 0.717) is 0 Å². The van der Waals surface area contributed by atoms with Crippen LogP contribution in [0.15, 0.2) is 22.8 Å². The topological polar surface area (TPSA) is 48.4 Å². The predicted octanol–water partition coefficient (Wildman–Crippen LogP) is 2.07. The Morgan fingerprint density at radius 2 is 2.20 bits per heavy atom. The van der Waals surface area contributed by atoms with Gasteiger partial charge in [0.05, 0.1) is 24.9 Å². The van der Waals surface area contributed by atoms with Crippen molar-refractivity contribution in [1.29, 1.82) is 0 Å². The molecule has 2 N–H and O–H groups in total. The van der Waals surface area contributed by atoms with E-state index in [-0.39, 0.29) is 11.0 Å². The average molecular weight is 209 g/mol. The van der Waals surface area contributed by atoms with Crippen LogP contribution in [-0.2, 0) is 10.2 Å². The van der Waals surface area contributed by atoms with Crippen LogP contribution in [0.3, 0.4) is 0 Å². The first-order valence-corrected chi connectivity index (χ1v) is 5.43. The highest BCUT2D eigenvalue weighted by atomic mass is 16.5. The Morgan fingerprint density at radius 1 is 1.47 bits per heavy atom. The normalized spacial score (nSPS) is 19.9. The van der Waals surface area contributed by atoms with Crippen LogP contribution in [-0.4, -0.2) is 18.8 Å². The second-order valence-electron chi connectivity index (χ2n) is 5.24. The Morgan fingerprint density at radius 3 is 2.60 bits per heavy atom. The van der Waals surface area contributed by atoms with Gasteiger partial charge < -0.3 is 14.9 Å². The highest BCUT2D eigenvalue weighted by Gasteiger charge is 2.43. The van der Waals surface area contributed by atoms with E-state index in [4.69, 9.17) is 14.9 Å². The molecule has 1 fully saturated rings. The first kappa shape index (κ1) is 10.7. The van der Waals surface area contributed by atoms with E-state index in [1.807, 2.05) is 12.1 Å². The Balaban J connectivity index is 2.04. The van der Waals surface area contributed by atoms with Crippen molar-refractivity contribution in [2.75, 3.05) is 13.2 Å². The lowest BCUT2D eigenvalue weighted by molar-refractivity contribution is -0.0767. The summed E-state index contributed by atoms with van der Waals surface area (Å²) in [6.45, 7) is 5.64. The van der Waals surface area contributed by atoms with E-state index in [0.717, 1.165) is 31.8 Å². The molecule has 2 rings (SSSR count). The van der Waals surface area contributed by atoms with Gasteiger partial charge in [0, 0.05) is 5.54 Å². The largest absolute Gasteiger partial charge is 0.469 e. The van der Waals surface area contributed by atoms with Crippen molar-refractivity contribution < 1.29 is 9.15 Å². The van der Waals surface area contributed by atoms with Crippen LogP contribution in [0.2, 0.25) is 0 Å². The summed E-state index contributed by atoms with van der Waals surface area (Å²) >= 11 is 0. The molecule has 3 nitrogen and oxygen atoms in total. The molecule has 1 aliphatic heterocycles. The molecule has 0 aromatic carbocycles. The molecule has 0 radical (unpaired) electrons. The summed E-state index contributed by atoms with van der Waals surface area (Å²) in [6.07, 6.45) is 3.74. The van der Waals surface area contributed by atoms with Crippen molar-refractivity contribution in [3.63, 3.8) is 0 Å². The number of hydrogen-bond donors (Lipinski definition) is 1. The lowest BCUT2D eigenvalue weighted by Crippen LogP contribution is -2.48. The van der Waals surface area contributed by atoms with Gasteiger partial charge in [-0.15, -0.1) is 0 Å². The van der Waals surface area contributed by atoms with Crippen molar-refractivity contribution in [2.24, 2.45) is 5.73 Å². The van der Waals surface area contributed by atoms with Gasteiger partial charge >= 0.3 is 0 Å². The monoisotopic (exact) mass is 209 g/mol. The molecule has 0 atom stereocenters. The van der Waals surface area contributed by atoms with Crippen LogP contribution >= 0.6 is 0 Å². The standard InChI is InChI=1S/C12H19NO2/c1-11(2,13)5-6-12(8-14-9-12)10-4-3-7-15-10/h3-4,7H,5-6,8-9,13H2,1-2H3. The third-order valence-electron chi connectivity index (χ3n) is 3.05. The maximum atomic E-state index is 6.00. The molecule has 1 aromatic rings. The number of furan rings is 1. The highest BCUT2D eigenvalue weighted by molar-refractivity contribution is 5.17. The summed E-state index contributed by atoms with van der Waals surface area (Å²) in [4.78, 5) is 0. The van der Waals surface area contributed by atoms with Gasteiger partial charge in [0.25, 0.3) is 0 Å². The summed E-state index contributed by atoms with van der Waals surface area (Å²) in [5.41, 5.74) is 5.97. The summed E-state index contributed by atoms with van der Waals surface area (Å²) in [6, 6.07) is 3.97. The summed E-state index contributed by atoms with van der Waals surface area (Å²) in [5.74, 6) is 1.04. The lowest BCUT2D eigenvalue weighted by atomic mass is 9.76. The third-order valence-corrected chi connectivity index (χ3v) is 3.05. The van der Waals surface area contributed by atoms with Gasteiger partial charge in [0.2, 0.25) is 0 Å². The maximum Gasteiger partial charge on any atom is 0.114 e. The third kappa shape index (κ3) is 2.24. The van der Waals surface area contributed by atoms with Gasteiger partial charge in [0.1, 0.15) is 5.76 Å². The van der Waals surface area contributed by atoms with Gasteiger partial charge in [-0.2, -0.15) is 0 Å². The van der Waals surface area contributed by atoms with Gasteiger partial charge in [-0.3, -0.25) is 0 Å². The van der Waals surface area contributed by atoms with Crippen LogP contribution in [0.4, 0.5) is 0 Å². The van der Waals surface area contributed by atoms with Crippen LogP contribution in [0.1, 0.15) is 32.4 Å². The molecule has 84 valence electrons. The molecule has 0 aliphatic carbocycles. The van der Waals surface area contributed by atoms with E-state index >= 15 is 0 Å². The lowest BCUT2D eigenvalue weighted by Gasteiger charge is -2.41. The second-order valence-corrected chi connectivity index (χ2v) is 5.24. The number of rotatable bonds is 4. The fraction of sp³-hybridized carbons (Fsp3) is 0.667. The summed E-state index contributed by atoms with van der Waals surface area (Å²) in [7, 11) is 0. The van der Waals surface area contributed by atoms with E-state index in [9.17, 15) is 0 Å². The molecule has 1 aromatic heterocycles. The van der Waals surface area contributed by atoms with E-state index < -0.39 is 0 Å². The zero-order valence-electron chi connectivity index (χ0n) is 9.45. The van der Waals surface area contributed by atoms with Crippen molar-refractivity contribution in [1.82, 2.24) is 0 Å². The highest BCUT2D eigenvalue weighted by Crippen LogP contribution is 2.38. The molecule has 1 aliphatic rings. The molecule has 3 heteroatoms. The summed E-state index contributed by atoms with van der Waals surface area (Å²) in [5, 5.41) is 0. The Labute approximate surface area is 90.6 Å². The predicted molar refractivity (Wildman–Crippen MR) is 58.7 cm³/mol. The van der Waals surface area contributed by atoms with E-state index in [1.54, 1.807) is 6.26 Å². The molecule has 2 heterocycles. The van der Waals surface area contributed by atoms with Crippen LogP contribution < -0.4 is 5.73 Å². The zero-order chi connectivity index (χ0) is 10.9. The second kappa shape index (κ2) is 3.65. The maximum absolute atomic E-state index is 6.00. The van der Waals surface area contributed by atoms with E-state index in [1.165, 1.54) is 0 Å². The molecule has 0 spiro atoms. The summed E-state index contributed by atoms with van der Waals surface area (Å²) < 4.78 is 10.8. The average Bonchev–Trinajstić information content (AvgIpc) is 2.53. The number of nitrogens with two attached hydrogens (primary N) is 1. The minimum atomic E-state index is -0.116. The molecule has 0 bridgehead atoms. The Kier molecular flexibility index (Phi) is 2.61. The first-order chi connectivity index (χ1) is 7.02. The minimum absolute atomic E-state index is 0.0835. The molecule has 0 unspecified atom stereocenters. The fourth-order valence-corrected chi connectivity index (χ4v) is 1.90. The van der Waals surface area contributed by atoms with Crippen molar-refractivity contribution in [3.05, 3.63) is 24.2 Å². The van der Waals surface area contributed by atoms with Crippen LogP contribution in [0.5, 0.6) is 0 Å². The molecule has 0 saturated carbocycles. The number of hydrogen-bond acceptors (Lipinski definition) is 3. The number of ether oxygens (including phenoxy) is 1. The van der Waals surface area contributed by atoms with E-state index in [2.05, 4.69) is 13.8 Å². The van der Waals surface area contributed by atoms with Gasteiger partial charge in [0.15, 0.2) is 0 Å².